The fourth-order valence-corrected chi connectivity index (χ4v) is 4.47. The van der Waals surface area contributed by atoms with Gasteiger partial charge in [0, 0.05) is 56.1 Å². The van der Waals surface area contributed by atoms with Crippen LogP contribution in [-0.4, -0.2) is 65.9 Å². The Labute approximate surface area is 161 Å². The average molecular weight is 384 g/mol. The van der Waals surface area contributed by atoms with Crippen molar-refractivity contribution in [3.8, 4) is 0 Å². The van der Waals surface area contributed by atoms with E-state index in [1.807, 2.05) is 0 Å². The number of nitrogens with zero attached hydrogens (tertiary/aromatic N) is 2. The summed E-state index contributed by atoms with van der Waals surface area (Å²) in [7, 11) is 0. The lowest BCUT2D eigenvalue weighted by atomic mass is 9.86. The standard InChI is InChI=1S/C18H29N5O2.ClH/c24-17(16-14-12-19-7-4-15(14)21-22-16)20-13-18(5-10-25-11-6-18)23-8-2-1-3-9-23;/h19H,1-13H2,(H,20,24)(H,21,22);1H. The number of ether oxygens (including phenoxy) is 1. The lowest BCUT2D eigenvalue weighted by molar-refractivity contribution is -0.0349. The molecule has 0 atom stereocenters. The quantitative estimate of drug-likeness (QED) is 0.728. The van der Waals surface area contributed by atoms with Crippen LogP contribution < -0.4 is 10.6 Å². The third kappa shape index (κ3) is 3.91. The molecule has 2 fully saturated rings. The molecule has 8 heteroatoms. The van der Waals surface area contributed by atoms with Crippen LogP contribution in [0.25, 0.3) is 0 Å². The minimum atomic E-state index is -0.0518. The molecular formula is C18H30ClN5O2. The number of carbonyl (C=O) groups is 1. The molecule has 7 nitrogen and oxygen atoms in total. The number of halogens is 1. The second-order valence-corrected chi connectivity index (χ2v) is 7.52. The van der Waals surface area contributed by atoms with Crippen molar-refractivity contribution >= 4 is 18.3 Å². The van der Waals surface area contributed by atoms with Gasteiger partial charge in [-0.05, 0) is 38.8 Å². The van der Waals surface area contributed by atoms with Crippen LogP contribution in [0.5, 0.6) is 0 Å². The van der Waals surface area contributed by atoms with Crippen LogP contribution in [0.3, 0.4) is 0 Å². The zero-order valence-electron chi connectivity index (χ0n) is 15.3. The Bertz CT molecular complexity index is 609. The summed E-state index contributed by atoms with van der Waals surface area (Å²) in [6, 6.07) is 0. The SMILES string of the molecule is Cl.O=C(NCC1(N2CCCCC2)CCOCC1)c1n[nH]c2c1CNCC2. The summed E-state index contributed by atoms with van der Waals surface area (Å²) in [6.45, 7) is 6.19. The van der Waals surface area contributed by atoms with E-state index in [0.29, 0.717) is 12.2 Å². The van der Waals surface area contributed by atoms with E-state index in [1.165, 1.54) is 19.3 Å². The first-order chi connectivity index (χ1) is 12.3. The van der Waals surface area contributed by atoms with Gasteiger partial charge in [0.05, 0.1) is 0 Å². The van der Waals surface area contributed by atoms with Crippen LogP contribution in [-0.2, 0) is 17.7 Å². The van der Waals surface area contributed by atoms with Crippen molar-refractivity contribution in [3.05, 3.63) is 17.0 Å². The Kier molecular flexibility index (Phi) is 6.55. The number of carbonyl (C=O) groups excluding carboxylic acids is 1. The van der Waals surface area contributed by atoms with Gasteiger partial charge in [-0.1, -0.05) is 6.42 Å². The third-order valence-corrected chi connectivity index (χ3v) is 6.05. The molecule has 1 aromatic rings. The number of likely N-dealkylation sites (tertiary alicyclic amines) is 1. The number of nitrogens with one attached hydrogen (secondary N) is 3. The van der Waals surface area contributed by atoms with Crippen LogP contribution in [0.4, 0.5) is 0 Å². The molecule has 3 N–H and O–H groups in total. The molecule has 3 aliphatic rings. The van der Waals surface area contributed by atoms with Crippen LogP contribution >= 0.6 is 12.4 Å². The first-order valence-corrected chi connectivity index (χ1v) is 9.66. The number of piperidine rings is 1. The van der Waals surface area contributed by atoms with Gasteiger partial charge in [0.25, 0.3) is 5.91 Å². The van der Waals surface area contributed by atoms with E-state index in [0.717, 1.165) is 69.9 Å². The number of rotatable bonds is 4. The molecule has 0 bridgehead atoms. The Balaban J connectivity index is 0.00000196. The molecule has 26 heavy (non-hydrogen) atoms. The highest BCUT2D eigenvalue weighted by Gasteiger charge is 2.39. The summed E-state index contributed by atoms with van der Waals surface area (Å²) < 4.78 is 5.60. The molecule has 0 saturated carbocycles. The number of hydrogen-bond donors (Lipinski definition) is 3. The number of hydrogen-bond acceptors (Lipinski definition) is 5. The van der Waals surface area contributed by atoms with Gasteiger partial charge < -0.3 is 15.4 Å². The van der Waals surface area contributed by atoms with E-state index in [9.17, 15) is 4.79 Å². The Hall–Kier alpha value is -1.15. The Morgan fingerprint density at radius 1 is 1.23 bits per heavy atom. The van der Waals surface area contributed by atoms with E-state index >= 15 is 0 Å². The average Bonchev–Trinajstić information content (AvgIpc) is 3.12. The smallest absolute Gasteiger partial charge is 0.272 e. The van der Waals surface area contributed by atoms with Crippen molar-refractivity contribution in [3.63, 3.8) is 0 Å². The molecule has 4 rings (SSSR count). The molecule has 146 valence electrons. The van der Waals surface area contributed by atoms with Crippen molar-refractivity contribution in [2.75, 3.05) is 39.4 Å². The highest BCUT2D eigenvalue weighted by Crippen LogP contribution is 2.30. The Morgan fingerprint density at radius 3 is 2.77 bits per heavy atom. The van der Waals surface area contributed by atoms with Gasteiger partial charge in [0.1, 0.15) is 0 Å². The maximum Gasteiger partial charge on any atom is 0.272 e. The summed E-state index contributed by atoms with van der Waals surface area (Å²) in [5.41, 5.74) is 2.73. The van der Waals surface area contributed by atoms with Gasteiger partial charge in [-0.3, -0.25) is 14.8 Å². The number of fused-ring (bicyclic) bond motifs is 1. The van der Waals surface area contributed by atoms with Crippen LogP contribution in [0.15, 0.2) is 0 Å². The number of aromatic amines is 1. The van der Waals surface area contributed by atoms with Gasteiger partial charge >= 0.3 is 0 Å². The Morgan fingerprint density at radius 2 is 2.00 bits per heavy atom. The number of aromatic nitrogens is 2. The zero-order valence-corrected chi connectivity index (χ0v) is 16.1. The molecule has 2 saturated heterocycles. The second-order valence-electron chi connectivity index (χ2n) is 7.52. The van der Waals surface area contributed by atoms with E-state index in [-0.39, 0.29) is 23.9 Å². The van der Waals surface area contributed by atoms with E-state index in [1.54, 1.807) is 0 Å². The topological polar surface area (TPSA) is 82.3 Å². The summed E-state index contributed by atoms with van der Waals surface area (Å²) in [5.74, 6) is -0.0518. The maximum absolute atomic E-state index is 12.8. The highest BCUT2D eigenvalue weighted by molar-refractivity contribution is 5.94. The van der Waals surface area contributed by atoms with Crippen molar-refractivity contribution < 1.29 is 9.53 Å². The molecule has 4 heterocycles. The minimum Gasteiger partial charge on any atom is -0.381 e. The second kappa shape index (κ2) is 8.69. The van der Waals surface area contributed by atoms with Gasteiger partial charge in [0.15, 0.2) is 5.69 Å². The van der Waals surface area contributed by atoms with E-state index in [4.69, 9.17) is 4.74 Å². The summed E-state index contributed by atoms with van der Waals surface area (Å²) in [5, 5.41) is 13.8. The summed E-state index contributed by atoms with van der Waals surface area (Å²) in [4.78, 5) is 15.4. The fraction of sp³-hybridized carbons (Fsp3) is 0.778. The number of H-pyrrole nitrogens is 1. The van der Waals surface area contributed by atoms with Crippen LogP contribution in [0.1, 0.15) is 53.8 Å². The lowest BCUT2D eigenvalue weighted by Gasteiger charge is -2.48. The van der Waals surface area contributed by atoms with Crippen molar-refractivity contribution in [2.24, 2.45) is 0 Å². The molecule has 3 aliphatic heterocycles. The molecule has 1 amide bonds. The van der Waals surface area contributed by atoms with Crippen molar-refractivity contribution in [1.29, 1.82) is 0 Å². The molecular weight excluding hydrogens is 354 g/mol. The third-order valence-electron chi connectivity index (χ3n) is 6.05. The fourth-order valence-electron chi connectivity index (χ4n) is 4.47. The van der Waals surface area contributed by atoms with Crippen molar-refractivity contribution in [2.45, 2.75) is 50.6 Å². The zero-order chi connectivity index (χ0) is 17.1. The first-order valence-electron chi connectivity index (χ1n) is 9.66. The minimum absolute atomic E-state index is 0. The van der Waals surface area contributed by atoms with Gasteiger partial charge in [-0.2, -0.15) is 5.10 Å². The number of amides is 1. The van der Waals surface area contributed by atoms with Gasteiger partial charge in [0.2, 0.25) is 0 Å². The molecule has 0 radical (unpaired) electrons. The first kappa shape index (κ1) is 19.6. The largest absolute Gasteiger partial charge is 0.381 e. The molecule has 0 aliphatic carbocycles. The molecule has 0 unspecified atom stereocenters. The monoisotopic (exact) mass is 383 g/mol. The predicted molar refractivity (Wildman–Crippen MR) is 102 cm³/mol. The lowest BCUT2D eigenvalue weighted by Crippen LogP contribution is -2.59. The molecule has 0 spiro atoms. The van der Waals surface area contributed by atoms with E-state index < -0.39 is 0 Å². The van der Waals surface area contributed by atoms with E-state index in [2.05, 4.69) is 25.7 Å². The maximum atomic E-state index is 12.8. The molecule has 0 aromatic carbocycles. The summed E-state index contributed by atoms with van der Waals surface area (Å²) >= 11 is 0. The van der Waals surface area contributed by atoms with Crippen LogP contribution in [0.2, 0.25) is 0 Å². The van der Waals surface area contributed by atoms with Crippen LogP contribution in [0, 0.1) is 0 Å². The van der Waals surface area contributed by atoms with Gasteiger partial charge in [-0.15, -0.1) is 12.4 Å². The van der Waals surface area contributed by atoms with Gasteiger partial charge in [-0.25, -0.2) is 0 Å². The highest BCUT2D eigenvalue weighted by atomic mass is 35.5. The van der Waals surface area contributed by atoms with Crippen molar-refractivity contribution in [1.82, 2.24) is 25.7 Å². The predicted octanol–water partition coefficient (Wildman–Crippen LogP) is 1.24. The summed E-state index contributed by atoms with van der Waals surface area (Å²) in [6.07, 6.45) is 6.73. The molecule has 1 aromatic heterocycles. The normalized spacial score (nSPS) is 22.9.